The highest BCUT2D eigenvalue weighted by Crippen LogP contribution is 2.06. The zero-order valence-corrected chi connectivity index (χ0v) is 8.98. The first-order valence-electron chi connectivity index (χ1n) is 4.68. The first-order chi connectivity index (χ1) is 7.49. The summed E-state index contributed by atoms with van der Waals surface area (Å²) in [4.78, 5) is 21.8. The second kappa shape index (κ2) is 5.26. The van der Waals surface area contributed by atoms with Crippen LogP contribution in [0, 0.1) is 6.92 Å². The van der Waals surface area contributed by atoms with Crippen LogP contribution in [0.25, 0.3) is 0 Å². The lowest BCUT2D eigenvalue weighted by Crippen LogP contribution is -2.39. The van der Waals surface area contributed by atoms with Crippen LogP contribution in [0.5, 0.6) is 0 Å². The average molecular weight is 227 g/mol. The van der Waals surface area contributed by atoms with E-state index in [1.54, 1.807) is 13.0 Å². The summed E-state index contributed by atoms with van der Waals surface area (Å²) >= 11 is 0. The van der Waals surface area contributed by atoms with E-state index in [1.165, 1.54) is 6.92 Å². The van der Waals surface area contributed by atoms with Crippen molar-refractivity contribution in [2.75, 3.05) is 11.9 Å². The van der Waals surface area contributed by atoms with Crippen LogP contribution in [0.15, 0.2) is 10.6 Å². The third kappa shape index (κ3) is 3.70. The summed E-state index contributed by atoms with van der Waals surface area (Å²) in [6.45, 7) is 3.06. The fraction of sp³-hybridized carbons (Fsp3) is 0.444. The highest BCUT2D eigenvalue weighted by atomic mass is 16.5. The van der Waals surface area contributed by atoms with E-state index >= 15 is 0 Å². The lowest BCUT2D eigenvalue weighted by molar-refractivity contribution is -0.139. The molecular weight excluding hydrogens is 214 g/mol. The molecule has 3 N–H and O–H groups in total. The summed E-state index contributed by atoms with van der Waals surface area (Å²) < 4.78 is 4.75. The Balaban J connectivity index is 2.34. The molecule has 16 heavy (non-hydrogen) atoms. The molecule has 0 saturated heterocycles. The molecule has 1 amide bonds. The zero-order chi connectivity index (χ0) is 12.1. The number of carboxylic acids is 1. The normalized spacial score (nSPS) is 12.1. The summed E-state index contributed by atoms with van der Waals surface area (Å²) in [7, 11) is 0. The van der Waals surface area contributed by atoms with Crippen molar-refractivity contribution >= 4 is 17.7 Å². The van der Waals surface area contributed by atoms with Crippen molar-refractivity contribution in [3.63, 3.8) is 0 Å². The van der Waals surface area contributed by atoms with Gasteiger partial charge in [-0.1, -0.05) is 5.16 Å². The number of hydrogen-bond donors (Lipinski definition) is 3. The number of nitrogens with zero attached hydrogens (tertiary/aromatic N) is 1. The SMILES string of the molecule is Cc1cc(NC(=O)CN[C@@H](C)C(=O)O)no1. The fourth-order valence-electron chi connectivity index (χ4n) is 0.945. The summed E-state index contributed by atoms with van der Waals surface area (Å²) in [5, 5.41) is 17.1. The van der Waals surface area contributed by atoms with Gasteiger partial charge in [-0.05, 0) is 13.8 Å². The van der Waals surface area contributed by atoms with Crippen molar-refractivity contribution in [2.45, 2.75) is 19.9 Å². The van der Waals surface area contributed by atoms with Gasteiger partial charge >= 0.3 is 5.97 Å². The third-order valence-electron chi connectivity index (χ3n) is 1.83. The van der Waals surface area contributed by atoms with Crippen LogP contribution in [-0.2, 0) is 9.59 Å². The number of carboxylic acid groups (broad SMARTS) is 1. The monoisotopic (exact) mass is 227 g/mol. The van der Waals surface area contributed by atoms with Gasteiger partial charge in [-0.2, -0.15) is 0 Å². The number of amides is 1. The minimum Gasteiger partial charge on any atom is -0.480 e. The standard InChI is InChI=1S/C9H13N3O4/c1-5-3-7(12-16-5)11-8(13)4-10-6(2)9(14)15/h3,6,10H,4H2,1-2H3,(H,14,15)(H,11,12,13)/t6-/m0/s1. The van der Waals surface area contributed by atoms with Gasteiger partial charge in [0.1, 0.15) is 11.8 Å². The molecular formula is C9H13N3O4. The predicted octanol–water partition coefficient (Wildman–Crippen LogP) is -0.0158. The van der Waals surface area contributed by atoms with Gasteiger partial charge in [0.15, 0.2) is 5.82 Å². The summed E-state index contributed by atoms with van der Waals surface area (Å²) in [6.07, 6.45) is 0. The van der Waals surface area contributed by atoms with E-state index in [9.17, 15) is 9.59 Å². The molecule has 88 valence electrons. The van der Waals surface area contributed by atoms with E-state index in [1.807, 2.05) is 0 Å². The molecule has 7 nitrogen and oxygen atoms in total. The largest absolute Gasteiger partial charge is 0.480 e. The number of nitrogens with one attached hydrogen (secondary N) is 2. The summed E-state index contributed by atoms with van der Waals surface area (Å²) in [5.41, 5.74) is 0. The smallest absolute Gasteiger partial charge is 0.320 e. The van der Waals surface area contributed by atoms with E-state index in [4.69, 9.17) is 9.63 Å². The van der Waals surface area contributed by atoms with Gasteiger partial charge in [-0.3, -0.25) is 14.9 Å². The Morgan fingerprint density at radius 1 is 1.62 bits per heavy atom. The maximum atomic E-state index is 11.3. The molecule has 0 bridgehead atoms. The Labute approximate surface area is 91.8 Å². The molecule has 0 aliphatic heterocycles. The number of aromatic nitrogens is 1. The quantitative estimate of drug-likeness (QED) is 0.653. The number of anilines is 1. The van der Waals surface area contributed by atoms with Crippen molar-refractivity contribution < 1.29 is 19.2 Å². The maximum absolute atomic E-state index is 11.3. The Morgan fingerprint density at radius 2 is 2.31 bits per heavy atom. The molecule has 1 aromatic heterocycles. The highest BCUT2D eigenvalue weighted by molar-refractivity contribution is 5.91. The summed E-state index contributed by atoms with van der Waals surface area (Å²) in [5.74, 6) is -0.485. The minimum atomic E-state index is -1.01. The van der Waals surface area contributed by atoms with Crippen molar-refractivity contribution in [1.82, 2.24) is 10.5 Å². The maximum Gasteiger partial charge on any atom is 0.320 e. The van der Waals surface area contributed by atoms with E-state index in [0.29, 0.717) is 11.6 Å². The lowest BCUT2D eigenvalue weighted by atomic mass is 10.3. The third-order valence-corrected chi connectivity index (χ3v) is 1.83. The first kappa shape index (κ1) is 12.2. The highest BCUT2D eigenvalue weighted by Gasteiger charge is 2.12. The van der Waals surface area contributed by atoms with Gasteiger partial charge in [0.2, 0.25) is 5.91 Å². The second-order valence-corrected chi connectivity index (χ2v) is 3.31. The van der Waals surface area contributed by atoms with Crippen LogP contribution in [0.2, 0.25) is 0 Å². The molecule has 1 heterocycles. The van der Waals surface area contributed by atoms with Gasteiger partial charge in [-0.15, -0.1) is 0 Å². The molecule has 1 aromatic rings. The van der Waals surface area contributed by atoms with Crippen molar-refractivity contribution in [2.24, 2.45) is 0 Å². The van der Waals surface area contributed by atoms with Crippen molar-refractivity contribution in [1.29, 1.82) is 0 Å². The zero-order valence-electron chi connectivity index (χ0n) is 8.98. The van der Waals surface area contributed by atoms with E-state index in [-0.39, 0.29) is 12.5 Å². The number of rotatable bonds is 5. The van der Waals surface area contributed by atoms with Gasteiger partial charge in [0.05, 0.1) is 6.54 Å². The van der Waals surface area contributed by atoms with Gasteiger partial charge in [0.25, 0.3) is 0 Å². The van der Waals surface area contributed by atoms with E-state index in [0.717, 1.165) is 0 Å². The molecule has 0 fully saturated rings. The Hall–Kier alpha value is -1.89. The van der Waals surface area contributed by atoms with Crippen LogP contribution >= 0.6 is 0 Å². The molecule has 0 spiro atoms. The minimum absolute atomic E-state index is 0.0978. The predicted molar refractivity (Wildman–Crippen MR) is 55.0 cm³/mol. The van der Waals surface area contributed by atoms with Crippen LogP contribution in [0.3, 0.4) is 0 Å². The van der Waals surface area contributed by atoms with Gasteiger partial charge in [0, 0.05) is 6.07 Å². The van der Waals surface area contributed by atoms with E-state index in [2.05, 4.69) is 15.8 Å². The molecule has 7 heteroatoms. The van der Waals surface area contributed by atoms with E-state index < -0.39 is 12.0 Å². The van der Waals surface area contributed by atoms with Crippen LogP contribution in [-0.4, -0.2) is 34.7 Å². The Bertz CT molecular complexity index is 388. The molecule has 0 saturated carbocycles. The molecule has 0 aliphatic rings. The van der Waals surface area contributed by atoms with Crippen molar-refractivity contribution in [3.8, 4) is 0 Å². The van der Waals surface area contributed by atoms with Crippen LogP contribution in [0.4, 0.5) is 5.82 Å². The van der Waals surface area contributed by atoms with Crippen LogP contribution in [0.1, 0.15) is 12.7 Å². The average Bonchev–Trinajstić information content (AvgIpc) is 2.60. The molecule has 0 unspecified atom stereocenters. The molecule has 0 radical (unpaired) electrons. The van der Waals surface area contributed by atoms with Crippen LogP contribution < -0.4 is 10.6 Å². The first-order valence-corrected chi connectivity index (χ1v) is 4.68. The van der Waals surface area contributed by atoms with Gasteiger partial charge < -0.3 is 14.9 Å². The number of hydrogen-bond acceptors (Lipinski definition) is 5. The van der Waals surface area contributed by atoms with Crippen molar-refractivity contribution in [3.05, 3.63) is 11.8 Å². The number of aryl methyl sites for hydroxylation is 1. The Kier molecular flexibility index (Phi) is 4.01. The molecule has 1 atom stereocenters. The molecule has 0 aromatic carbocycles. The number of carbonyl (C=O) groups excluding carboxylic acids is 1. The second-order valence-electron chi connectivity index (χ2n) is 3.31. The number of aliphatic carboxylic acids is 1. The fourth-order valence-corrected chi connectivity index (χ4v) is 0.945. The topological polar surface area (TPSA) is 104 Å². The number of carbonyl (C=O) groups is 2. The lowest BCUT2D eigenvalue weighted by Gasteiger charge is -2.07. The Morgan fingerprint density at radius 3 is 2.81 bits per heavy atom. The summed E-state index contributed by atoms with van der Waals surface area (Å²) in [6, 6.07) is 0.795. The molecule has 1 rings (SSSR count). The van der Waals surface area contributed by atoms with Gasteiger partial charge in [-0.25, -0.2) is 0 Å². The molecule has 0 aliphatic carbocycles.